The predicted octanol–water partition coefficient (Wildman–Crippen LogP) is 3.58. The molecule has 0 aliphatic carbocycles. The Labute approximate surface area is 132 Å². The van der Waals surface area contributed by atoms with Crippen molar-refractivity contribution in [2.75, 3.05) is 10.6 Å². The van der Waals surface area contributed by atoms with E-state index >= 15 is 0 Å². The van der Waals surface area contributed by atoms with Crippen LogP contribution in [0.25, 0.3) is 0 Å². The molecule has 5 nitrogen and oxygen atoms in total. The summed E-state index contributed by atoms with van der Waals surface area (Å²) in [6.07, 6.45) is 1.44. The zero-order chi connectivity index (χ0) is 15.2. The number of amides is 1. The van der Waals surface area contributed by atoms with Crippen LogP contribution in [0.5, 0.6) is 0 Å². The van der Waals surface area contributed by atoms with E-state index in [4.69, 9.17) is 11.6 Å². The van der Waals surface area contributed by atoms with Gasteiger partial charge in [0, 0.05) is 0 Å². The summed E-state index contributed by atoms with van der Waals surface area (Å²) in [6, 6.07) is 6.98. The molecule has 1 atom stereocenters. The van der Waals surface area contributed by atoms with Crippen molar-refractivity contribution in [2.24, 2.45) is 0 Å². The summed E-state index contributed by atoms with van der Waals surface area (Å²) in [4.78, 5) is 12.3. The number of hydrogen-bond donors (Lipinski definition) is 2. The minimum absolute atomic E-state index is 0.142. The molecule has 1 aromatic heterocycles. The molecule has 1 amide bonds. The maximum absolute atomic E-state index is 12.3. The molecule has 7 heteroatoms. The van der Waals surface area contributed by atoms with E-state index in [0.29, 0.717) is 16.6 Å². The minimum Gasteiger partial charge on any atom is -0.372 e. The van der Waals surface area contributed by atoms with Gasteiger partial charge in [0.15, 0.2) is 0 Å². The van der Waals surface area contributed by atoms with Crippen molar-refractivity contribution in [3.63, 3.8) is 0 Å². The highest BCUT2D eigenvalue weighted by Gasteiger charge is 2.18. The standard InChI is InChI=1S/C14H17ClN4OS/c1-3-10(16-11-8-6-5-7-9(11)15)13(20)17-14-19-18-12(4-2)21-14/h5-8,10,16H,3-4H2,1-2H3,(H,17,19,20)/t10-/m0/s1. The van der Waals surface area contributed by atoms with Gasteiger partial charge in [-0.3, -0.25) is 10.1 Å². The number of aryl methyl sites for hydroxylation is 1. The smallest absolute Gasteiger partial charge is 0.248 e. The van der Waals surface area contributed by atoms with Crippen molar-refractivity contribution in [3.05, 3.63) is 34.3 Å². The van der Waals surface area contributed by atoms with Crippen molar-refractivity contribution in [3.8, 4) is 0 Å². The Kier molecular flexibility index (Phi) is 5.52. The first-order chi connectivity index (χ1) is 10.1. The number of hydrogen-bond acceptors (Lipinski definition) is 5. The predicted molar refractivity (Wildman–Crippen MR) is 87.1 cm³/mol. The number of aromatic nitrogens is 2. The molecular weight excluding hydrogens is 308 g/mol. The fourth-order valence-corrected chi connectivity index (χ4v) is 2.63. The Morgan fingerprint density at radius 2 is 2.10 bits per heavy atom. The lowest BCUT2D eigenvalue weighted by Crippen LogP contribution is -2.34. The van der Waals surface area contributed by atoms with Gasteiger partial charge in [-0.25, -0.2) is 0 Å². The maximum atomic E-state index is 12.3. The maximum Gasteiger partial charge on any atom is 0.248 e. The van der Waals surface area contributed by atoms with Crippen LogP contribution < -0.4 is 10.6 Å². The van der Waals surface area contributed by atoms with Crippen LogP contribution in [-0.2, 0) is 11.2 Å². The molecule has 0 fully saturated rings. The Hall–Kier alpha value is -1.66. The number of nitrogens with zero attached hydrogens (tertiary/aromatic N) is 2. The summed E-state index contributed by atoms with van der Waals surface area (Å²) in [6.45, 7) is 3.94. The van der Waals surface area contributed by atoms with Crippen LogP contribution in [0.1, 0.15) is 25.3 Å². The Bertz CT molecular complexity index is 617. The van der Waals surface area contributed by atoms with Gasteiger partial charge in [0.2, 0.25) is 11.0 Å². The van der Waals surface area contributed by atoms with E-state index in [1.54, 1.807) is 6.07 Å². The van der Waals surface area contributed by atoms with E-state index < -0.39 is 0 Å². The topological polar surface area (TPSA) is 66.9 Å². The van der Waals surface area contributed by atoms with Crippen molar-refractivity contribution in [1.82, 2.24) is 10.2 Å². The summed E-state index contributed by atoms with van der Waals surface area (Å²) in [5, 5.41) is 15.9. The van der Waals surface area contributed by atoms with Crippen LogP contribution in [0.3, 0.4) is 0 Å². The van der Waals surface area contributed by atoms with Crippen LogP contribution in [-0.4, -0.2) is 22.1 Å². The molecule has 1 heterocycles. The zero-order valence-electron chi connectivity index (χ0n) is 11.9. The highest BCUT2D eigenvalue weighted by molar-refractivity contribution is 7.15. The number of nitrogens with one attached hydrogen (secondary N) is 2. The quantitative estimate of drug-likeness (QED) is 0.852. The van der Waals surface area contributed by atoms with Gasteiger partial charge in [0.1, 0.15) is 11.0 Å². The van der Waals surface area contributed by atoms with Crippen LogP contribution in [0.4, 0.5) is 10.8 Å². The lowest BCUT2D eigenvalue weighted by Gasteiger charge is -2.17. The fourth-order valence-electron chi connectivity index (χ4n) is 1.76. The van der Waals surface area contributed by atoms with Gasteiger partial charge in [0.25, 0.3) is 0 Å². The number of rotatable bonds is 6. The lowest BCUT2D eigenvalue weighted by molar-refractivity contribution is -0.117. The molecule has 112 valence electrons. The fraction of sp³-hybridized carbons (Fsp3) is 0.357. The number of halogens is 1. The van der Waals surface area contributed by atoms with Crippen LogP contribution >= 0.6 is 22.9 Å². The van der Waals surface area contributed by atoms with E-state index in [1.165, 1.54) is 11.3 Å². The molecular formula is C14H17ClN4OS. The van der Waals surface area contributed by atoms with E-state index in [-0.39, 0.29) is 11.9 Å². The number of anilines is 2. The first kappa shape index (κ1) is 15.7. The molecule has 0 aliphatic rings. The second-order valence-corrected chi connectivity index (χ2v) is 5.90. The molecule has 2 aromatic rings. The molecule has 0 aliphatic heterocycles. The van der Waals surface area contributed by atoms with E-state index in [1.807, 2.05) is 32.0 Å². The summed E-state index contributed by atoms with van der Waals surface area (Å²) in [7, 11) is 0. The molecule has 21 heavy (non-hydrogen) atoms. The van der Waals surface area contributed by atoms with E-state index in [2.05, 4.69) is 20.8 Å². The molecule has 2 rings (SSSR count). The molecule has 0 saturated carbocycles. The number of carbonyl (C=O) groups excluding carboxylic acids is 1. The van der Waals surface area contributed by atoms with Crippen molar-refractivity contribution in [1.29, 1.82) is 0 Å². The van der Waals surface area contributed by atoms with Crippen molar-refractivity contribution < 1.29 is 4.79 Å². The molecule has 0 spiro atoms. The van der Waals surface area contributed by atoms with Gasteiger partial charge in [-0.05, 0) is 25.0 Å². The number of benzene rings is 1. The van der Waals surface area contributed by atoms with Crippen LogP contribution in [0.15, 0.2) is 24.3 Å². The van der Waals surface area contributed by atoms with Gasteiger partial charge >= 0.3 is 0 Å². The summed E-state index contributed by atoms with van der Waals surface area (Å²) >= 11 is 7.49. The normalized spacial score (nSPS) is 12.0. The van der Waals surface area contributed by atoms with Crippen molar-refractivity contribution >= 4 is 39.7 Å². The molecule has 0 saturated heterocycles. The summed E-state index contributed by atoms with van der Waals surface area (Å²) in [5.41, 5.74) is 0.743. The third kappa shape index (κ3) is 4.15. The Balaban J connectivity index is 2.03. The van der Waals surface area contributed by atoms with Gasteiger partial charge in [0.05, 0.1) is 10.7 Å². The van der Waals surface area contributed by atoms with Gasteiger partial charge in [-0.2, -0.15) is 0 Å². The third-order valence-electron chi connectivity index (χ3n) is 2.93. The minimum atomic E-state index is -0.376. The van der Waals surface area contributed by atoms with Gasteiger partial charge < -0.3 is 5.32 Å². The highest BCUT2D eigenvalue weighted by Crippen LogP contribution is 2.22. The molecule has 0 bridgehead atoms. The second kappa shape index (κ2) is 7.38. The zero-order valence-corrected chi connectivity index (χ0v) is 13.5. The number of carbonyl (C=O) groups is 1. The first-order valence-electron chi connectivity index (χ1n) is 6.78. The summed E-state index contributed by atoms with van der Waals surface area (Å²) < 4.78 is 0. The largest absolute Gasteiger partial charge is 0.372 e. The molecule has 1 aromatic carbocycles. The van der Waals surface area contributed by atoms with Crippen LogP contribution in [0.2, 0.25) is 5.02 Å². The summed E-state index contributed by atoms with van der Waals surface area (Å²) in [5.74, 6) is -0.142. The van der Waals surface area contributed by atoms with Crippen molar-refractivity contribution in [2.45, 2.75) is 32.7 Å². The Morgan fingerprint density at radius 1 is 1.33 bits per heavy atom. The highest BCUT2D eigenvalue weighted by atomic mass is 35.5. The second-order valence-electron chi connectivity index (χ2n) is 4.43. The first-order valence-corrected chi connectivity index (χ1v) is 7.97. The monoisotopic (exact) mass is 324 g/mol. The lowest BCUT2D eigenvalue weighted by atomic mass is 10.2. The Morgan fingerprint density at radius 3 is 2.71 bits per heavy atom. The van der Waals surface area contributed by atoms with Gasteiger partial charge in [-0.1, -0.05) is 48.9 Å². The average molecular weight is 325 g/mol. The SMILES string of the molecule is CCc1nnc(NC(=O)[C@H](CC)Nc2ccccc2Cl)s1. The van der Waals surface area contributed by atoms with Gasteiger partial charge in [-0.15, -0.1) is 10.2 Å². The average Bonchev–Trinajstić information content (AvgIpc) is 2.94. The third-order valence-corrected chi connectivity index (χ3v) is 4.24. The molecule has 2 N–H and O–H groups in total. The molecule has 0 radical (unpaired) electrons. The van der Waals surface area contributed by atoms with E-state index in [0.717, 1.165) is 17.1 Å². The molecule has 0 unspecified atom stereocenters. The van der Waals surface area contributed by atoms with Crippen LogP contribution in [0, 0.1) is 0 Å². The number of para-hydroxylation sites is 1. The van der Waals surface area contributed by atoms with E-state index in [9.17, 15) is 4.79 Å².